The van der Waals surface area contributed by atoms with Crippen LogP contribution in [0.1, 0.15) is 36.5 Å². The fourth-order valence-electron chi connectivity index (χ4n) is 3.42. The Bertz CT molecular complexity index is 789. The van der Waals surface area contributed by atoms with Gasteiger partial charge in [0.05, 0.1) is 15.7 Å². The molecule has 0 radical (unpaired) electrons. The number of piperidine rings is 1. The summed E-state index contributed by atoms with van der Waals surface area (Å²) in [7, 11) is 0. The highest BCUT2D eigenvalue weighted by Gasteiger charge is 2.26. The molecule has 1 aliphatic heterocycles. The van der Waals surface area contributed by atoms with E-state index < -0.39 is 0 Å². The maximum Gasteiger partial charge on any atom is 0.272 e. The van der Waals surface area contributed by atoms with Crippen LogP contribution in [0, 0.1) is 11.8 Å². The van der Waals surface area contributed by atoms with Crippen LogP contribution in [0.2, 0.25) is 10.0 Å². The Morgan fingerprint density at radius 1 is 1.15 bits per heavy atom. The van der Waals surface area contributed by atoms with Gasteiger partial charge in [-0.2, -0.15) is 0 Å². The van der Waals surface area contributed by atoms with Gasteiger partial charge in [0.2, 0.25) is 0 Å². The third-order valence-electron chi connectivity index (χ3n) is 4.47. The zero-order valence-electron chi connectivity index (χ0n) is 14.9. The predicted octanol–water partition coefficient (Wildman–Crippen LogP) is 5.80. The second-order valence-electron chi connectivity index (χ2n) is 7.01. The molecule has 2 unspecified atom stereocenters. The van der Waals surface area contributed by atoms with Gasteiger partial charge in [0, 0.05) is 23.7 Å². The molecule has 1 aromatic carbocycles. The highest BCUT2D eigenvalue weighted by Crippen LogP contribution is 2.34. The van der Waals surface area contributed by atoms with Crippen LogP contribution in [0.15, 0.2) is 41.3 Å². The Hall–Kier alpha value is -1.23. The molecule has 3 nitrogen and oxygen atoms in total. The normalized spacial score (nSPS) is 20.2. The smallest absolute Gasteiger partial charge is 0.272 e. The number of carbonyl (C=O) groups is 1. The number of benzene rings is 1. The molecule has 0 bridgehead atoms. The fourth-order valence-corrected chi connectivity index (χ4v) is 4.81. The quantitative estimate of drug-likeness (QED) is 0.599. The van der Waals surface area contributed by atoms with Crippen molar-refractivity contribution in [1.82, 2.24) is 9.88 Å². The number of carbonyl (C=O) groups excluding carboxylic acids is 1. The number of aromatic nitrogens is 1. The van der Waals surface area contributed by atoms with Gasteiger partial charge < -0.3 is 4.90 Å². The van der Waals surface area contributed by atoms with E-state index in [-0.39, 0.29) is 5.91 Å². The largest absolute Gasteiger partial charge is 0.337 e. The Morgan fingerprint density at radius 2 is 1.85 bits per heavy atom. The van der Waals surface area contributed by atoms with E-state index in [4.69, 9.17) is 23.2 Å². The van der Waals surface area contributed by atoms with Crippen LogP contribution < -0.4 is 0 Å². The van der Waals surface area contributed by atoms with Gasteiger partial charge >= 0.3 is 0 Å². The van der Waals surface area contributed by atoms with Crippen molar-refractivity contribution in [3.8, 4) is 0 Å². The summed E-state index contributed by atoms with van der Waals surface area (Å²) < 4.78 is 0. The molecule has 1 amide bonds. The van der Waals surface area contributed by atoms with E-state index in [1.54, 1.807) is 23.9 Å². The maximum absolute atomic E-state index is 12.8. The highest BCUT2D eigenvalue weighted by molar-refractivity contribution is 7.98. The van der Waals surface area contributed by atoms with Gasteiger partial charge in [-0.05, 0) is 42.5 Å². The van der Waals surface area contributed by atoms with E-state index in [0.717, 1.165) is 23.7 Å². The average molecular weight is 409 g/mol. The van der Waals surface area contributed by atoms with Crippen molar-refractivity contribution in [1.29, 1.82) is 0 Å². The van der Waals surface area contributed by atoms with Crippen LogP contribution >= 0.6 is 35.0 Å². The van der Waals surface area contributed by atoms with Gasteiger partial charge in [0.15, 0.2) is 0 Å². The van der Waals surface area contributed by atoms with Crippen molar-refractivity contribution >= 4 is 40.9 Å². The lowest BCUT2D eigenvalue weighted by Crippen LogP contribution is -2.42. The van der Waals surface area contributed by atoms with Gasteiger partial charge in [-0.15, -0.1) is 11.8 Å². The van der Waals surface area contributed by atoms with E-state index in [0.29, 0.717) is 33.3 Å². The number of halogens is 2. The first kappa shape index (κ1) is 19.5. The van der Waals surface area contributed by atoms with Crippen LogP contribution in [0.25, 0.3) is 0 Å². The van der Waals surface area contributed by atoms with Crippen LogP contribution in [-0.4, -0.2) is 28.9 Å². The monoisotopic (exact) mass is 408 g/mol. The zero-order chi connectivity index (χ0) is 18.7. The first-order chi connectivity index (χ1) is 12.4. The topological polar surface area (TPSA) is 33.2 Å². The first-order valence-corrected chi connectivity index (χ1v) is 10.5. The zero-order valence-corrected chi connectivity index (χ0v) is 17.2. The molecule has 0 spiro atoms. The number of thioether (sulfide) groups is 1. The molecular formula is C20H22Cl2N2OS. The van der Waals surface area contributed by atoms with Crippen molar-refractivity contribution in [2.75, 3.05) is 13.1 Å². The molecule has 1 saturated heterocycles. The van der Waals surface area contributed by atoms with Crippen LogP contribution in [0.5, 0.6) is 0 Å². The lowest BCUT2D eigenvalue weighted by molar-refractivity contribution is 0.0617. The minimum atomic E-state index is 0.0241. The number of amides is 1. The van der Waals surface area contributed by atoms with Crippen molar-refractivity contribution in [3.63, 3.8) is 0 Å². The molecule has 2 heterocycles. The molecule has 3 rings (SSSR count). The Kier molecular flexibility index (Phi) is 6.49. The molecular weight excluding hydrogens is 387 g/mol. The molecule has 1 fully saturated rings. The first-order valence-electron chi connectivity index (χ1n) is 8.76. The van der Waals surface area contributed by atoms with Gasteiger partial charge in [-0.1, -0.05) is 49.2 Å². The summed E-state index contributed by atoms with van der Waals surface area (Å²) in [4.78, 5) is 20.3. The van der Waals surface area contributed by atoms with Crippen LogP contribution in [-0.2, 0) is 5.75 Å². The summed E-state index contributed by atoms with van der Waals surface area (Å²) in [6.07, 6.45) is 1.17. The van der Waals surface area contributed by atoms with E-state index in [1.165, 1.54) is 6.42 Å². The summed E-state index contributed by atoms with van der Waals surface area (Å²) in [5, 5.41) is 1.10. The molecule has 138 valence electrons. The Balaban J connectivity index is 1.70. The molecule has 1 aromatic heterocycles. The molecule has 6 heteroatoms. The standard InChI is InChI=1S/C20H22Cl2N2OS/c1-13-9-14(2)11-24(10-13)20(25)17-7-3-5-15(23-17)12-26-18-8-4-6-16(21)19(18)22/h3-8,13-14H,9-12H2,1-2H3. The van der Waals surface area contributed by atoms with Crippen molar-refractivity contribution in [2.45, 2.75) is 30.9 Å². The summed E-state index contributed by atoms with van der Waals surface area (Å²) >= 11 is 13.9. The second-order valence-corrected chi connectivity index (χ2v) is 8.81. The number of hydrogen-bond donors (Lipinski definition) is 0. The van der Waals surface area contributed by atoms with E-state index in [9.17, 15) is 4.79 Å². The maximum atomic E-state index is 12.8. The third-order valence-corrected chi connectivity index (χ3v) is 6.50. The SMILES string of the molecule is CC1CC(C)CN(C(=O)c2cccc(CSc3cccc(Cl)c3Cl)n2)C1. The number of rotatable bonds is 4. The Labute approximate surface area is 169 Å². The number of nitrogens with zero attached hydrogens (tertiary/aromatic N) is 2. The van der Waals surface area contributed by atoms with Gasteiger partial charge in [-0.3, -0.25) is 4.79 Å². The summed E-state index contributed by atoms with van der Waals surface area (Å²) in [6.45, 7) is 6.01. The molecule has 0 N–H and O–H groups in total. The molecule has 1 aliphatic rings. The summed E-state index contributed by atoms with van der Waals surface area (Å²) in [5.41, 5.74) is 1.37. The third kappa shape index (κ3) is 4.73. The number of hydrogen-bond acceptors (Lipinski definition) is 3. The van der Waals surface area contributed by atoms with Crippen molar-refractivity contribution in [2.24, 2.45) is 11.8 Å². The minimum Gasteiger partial charge on any atom is -0.337 e. The fraction of sp³-hybridized carbons (Fsp3) is 0.400. The second kappa shape index (κ2) is 8.64. The molecule has 26 heavy (non-hydrogen) atoms. The van der Waals surface area contributed by atoms with Gasteiger partial charge in [0.25, 0.3) is 5.91 Å². The molecule has 0 aliphatic carbocycles. The van der Waals surface area contributed by atoms with E-state index in [1.807, 2.05) is 29.2 Å². The van der Waals surface area contributed by atoms with Crippen LogP contribution in [0.3, 0.4) is 0 Å². The molecule has 0 saturated carbocycles. The number of pyridine rings is 1. The van der Waals surface area contributed by atoms with E-state index >= 15 is 0 Å². The lowest BCUT2D eigenvalue weighted by Gasteiger charge is -2.34. The Morgan fingerprint density at radius 3 is 2.58 bits per heavy atom. The average Bonchev–Trinajstić information content (AvgIpc) is 2.62. The minimum absolute atomic E-state index is 0.0241. The van der Waals surface area contributed by atoms with Gasteiger partial charge in [-0.25, -0.2) is 4.98 Å². The van der Waals surface area contributed by atoms with Crippen molar-refractivity contribution in [3.05, 3.63) is 57.8 Å². The lowest BCUT2D eigenvalue weighted by atomic mass is 9.92. The van der Waals surface area contributed by atoms with E-state index in [2.05, 4.69) is 18.8 Å². The van der Waals surface area contributed by atoms with Gasteiger partial charge in [0.1, 0.15) is 5.69 Å². The van der Waals surface area contributed by atoms with Crippen LogP contribution in [0.4, 0.5) is 0 Å². The highest BCUT2D eigenvalue weighted by atomic mass is 35.5. The number of likely N-dealkylation sites (tertiary alicyclic amines) is 1. The summed E-state index contributed by atoms with van der Waals surface area (Å²) in [5.74, 6) is 1.72. The predicted molar refractivity (Wildman–Crippen MR) is 109 cm³/mol. The molecule has 2 atom stereocenters. The summed E-state index contributed by atoms with van der Waals surface area (Å²) in [6, 6.07) is 11.2. The molecule has 2 aromatic rings. The van der Waals surface area contributed by atoms with Crippen molar-refractivity contribution < 1.29 is 4.79 Å².